The molecule has 0 aliphatic carbocycles. The first-order valence-corrected chi connectivity index (χ1v) is 9.69. The maximum atomic E-state index is 12.9. The Morgan fingerprint density at radius 3 is 2.86 bits per heavy atom. The molecule has 10 heteroatoms. The molecule has 1 aromatic rings. The first-order chi connectivity index (χ1) is 13.8. The third-order valence-corrected chi connectivity index (χ3v) is 5.76. The van der Waals surface area contributed by atoms with E-state index < -0.39 is 35.5 Å². The van der Waals surface area contributed by atoms with Gasteiger partial charge in [-0.2, -0.15) is 13.2 Å². The summed E-state index contributed by atoms with van der Waals surface area (Å²) in [6, 6.07) is 4.13. The number of nitrogens with zero attached hydrogens (tertiary/aromatic N) is 1. The number of hydrazine groups is 1. The number of ether oxygens (including phenoxy) is 1. The number of likely N-dealkylation sites (tertiary alicyclic amines) is 1. The molecule has 158 valence electrons. The molecule has 1 aromatic carbocycles. The summed E-state index contributed by atoms with van der Waals surface area (Å²) in [6.07, 6.45) is -2.48. The minimum Gasteiger partial charge on any atom is -0.377 e. The first-order valence-electron chi connectivity index (χ1n) is 9.69. The fraction of sp³-hybridized carbons (Fsp3) is 0.579. The van der Waals surface area contributed by atoms with Crippen LogP contribution in [-0.2, 0) is 20.5 Å². The maximum Gasteiger partial charge on any atom is 0.416 e. The van der Waals surface area contributed by atoms with Gasteiger partial charge in [-0.1, -0.05) is 6.07 Å². The standard InChI is InChI=1S/C19H23F3N4O3/c20-19(21,22)11-3-1-4-12(7-11)23-17(27)14-9-26(8-13-5-2-6-29-13)10-15-16(14)24-25-18(15)28/h1,3-4,7,13-16,24H,2,5-6,8-10H2,(H,23,27)(H,25,28). The van der Waals surface area contributed by atoms with Crippen molar-refractivity contribution >= 4 is 17.5 Å². The van der Waals surface area contributed by atoms with Gasteiger partial charge in [0.1, 0.15) is 0 Å². The van der Waals surface area contributed by atoms with E-state index in [1.165, 1.54) is 12.1 Å². The largest absolute Gasteiger partial charge is 0.416 e. The molecule has 29 heavy (non-hydrogen) atoms. The summed E-state index contributed by atoms with van der Waals surface area (Å²) in [4.78, 5) is 27.2. The molecule has 4 unspecified atom stereocenters. The van der Waals surface area contributed by atoms with Crippen LogP contribution in [0.15, 0.2) is 24.3 Å². The molecule has 3 N–H and O–H groups in total. The number of anilines is 1. The number of carbonyl (C=O) groups excluding carboxylic acids is 2. The van der Waals surface area contributed by atoms with Gasteiger partial charge < -0.3 is 10.1 Å². The Labute approximate surface area is 165 Å². The van der Waals surface area contributed by atoms with Crippen LogP contribution in [0.5, 0.6) is 0 Å². The SMILES string of the molecule is O=C1NNC2C1CN(CC1CCCO1)CC2C(=O)Nc1cccc(C(F)(F)F)c1. The predicted molar refractivity (Wildman–Crippen MR) is 97.5 cm³/mol. The molecule has 4 rings (SSSR count). The van der Waals surface area contributed by atoms with Crippen LogP contribution in [0.25, 0.3) is 0 Å². The second kappa shape index (κ2) is 7.92. The predicted octanol–water partition coefficient (Wildman–Crippen LogP) is 1.37. The Bertz CT molecular complexity index is 782. The molecule has 2 amide bonds. The summed E-state index contributed by atoms with van der Waals surface area (Å²) in [5, 5.41) is 2.59. The molecule has 7 nitrogen and oxygen atoms in total. The number of hydrogen-bond acceptors (Lipinski definition) is 5. The molecule has 3 aliphatic heterocycles. The quantitative estimate of drug-likeness (QED) is 0.696. The van der Waals surface area contributed by atoms with E-state index in [0.29, 0.717) is 26.2 Å². The van der Waals surface area contributed by atoms with E-state index in [0.717, 1.165) is 25.0 Å². The van der Waals surface area contributed by atoms with Crippen LogP contribution in [0.1, 0.15) is 18.4 Å². The van der Waals surface area contributed by atoms with E-state index in [9.17, 15) is 22.8 Å². The van der Waals surface area contributed by atoms with Crippen LogP contribution in [0, 0.1) is 11.8 Å². The van der Waals surface area contributed by atoms with Crippen molar-refractivity contribution in [3.05, 3.63) is 29.8 Å². The smallest absolute Gasteiger partial charge is 0.377 e. The van der Waals surface area contributed by atoms with Crippen molar-refractivity contribution in [1.82, 2.24) is 15.8 Å². The average molecular weight is 412 g/mol. The van der Waals surface area contributed by atoms with Crippen molar-refractivity contribution in [2.45, 2.75) is 31.2 Å². The summed E-state index contributed by atoms with van der Waals surface area (Å²) >= 11 is 0. The molecule has 0 bridgehead atoms. The topological polar surface area (TPSA) is 82.7 Å². The molecule has 0 radical (unpaired) electrons. The van der Waals surface area contributed by atoms with E-state index in [-0.39, 0.29) is 17.7 Å². The highest BCUT2D eigenvalue weighted by molar-refractivity contribution is 5.94. The van der Waals surface area contributed by atoms with Gasteiger partial charge in [-0.25, -0.2) is 5.43 Å². The van der Waals surface area contributed by atoms with Gasteiger partial charge in [-0.15, -0.1) is 0 Å². The number of carbonyl (C=O) groups is 2. The van der Waals surface area contributed by atoms with E-state index in [2.05, 4.69) is 16.2 Å². The molecule has 3 fully saturated rings. The van der Waals surface area contributed by atoms with Crippen molar-refractivity contribution in [1.29, 1.82) is 0 Å². The van der Waals surface area contributed by atoms with Gasteiger partial charge in [0, 0.05) is 31.9 Å². The molecule has 3 saturated heterocycles. The van der Waals surface area contributed by atoms with E-state index >= 15 is 0 Å². The van der Waals surface area contributed by atoms with Crippen molar-refractivity contribution in [2.24, 2.45) is 11.8 Å². The molecule has 3 heterocycles. The fourth-order valence-electron chi connectivity index (χ4n) is 4.31. The lowest BCUT2D eigenvalue weighted by molar-refractivity contribution is -0.137. The minimum absolute atomic E-state index is 0.0786. The van der Waals surface area contributed by atoms with Gasteiger partial charge in [0.25, 0.3) is 0 Å². The number of nitrogens with one attached hydrogen (secondary N) is 3. The summed E-state index contributed by atoms with van der Waals surface area (Å²) in [6.45, 7) is 2.25. The monoisotopic (exact) mass is 412 g/mol. The molecule has 0 aromatic heterocycles. The summed E-state index contributed by atoms with van der Waals surface area (Å²) in [5.41, 5.74) is 4.71. The number of benzene rings is 1. The van der Waals surface area contributed by atoms with Gasteiger partial charge in [-0.3, -0.25) is 19.9 Å². The lowest BCUT2D eigenvalue weighted by Gasteiger charge is -2.39. The highest BCUT2D eigenvalue weighted by atomic mass is 19.4. The van der Waals surface area contributed by atoms with Crippen LogP contribution in [0.3, 0.4) is 0 Å². The number of piperidine rings is 1. The van der Waals surface area contributed by atoms with Crippen LogP contribution >= 0.6 is 0 Å². The lowest BCUT2D eigenvalue weighted by Crippen LogP contribution is -2.56. The van der Waals surface area contributed by atoms with Crippen molar-refractivity contribution < 1.29 is 27.5 Å². The lowest BCUT2D eigenvalue weighted by atomic mass is 9.83. The zero-order valence-corrected chi connectivity index (χ0v) is 15.7. The van der Waals surface area contributed by atoms with E-state index in [1.54, 1.807) is 0 Å². The van der Waals surface area contributed by atoms with Crippen LogP contribution < -0.4 is 16.2 Å². The van der Waals surface area contributed by atoms with Crippen LogP contribution in [-0.4, -0.2) is 55.1 Å². The zero-order valence-electron chi connectivity index (χ0n) is 15.7. The van der Waals surface area contributed by atoms with E-state index in [1.807, 2.05) is 4.90 Å². The van der Waals surface area contributed by atoms with Crippen LogP contribution in [0.4, 0.5) is 18.9 Å². The summed E-state index contributed by atoms with van der Waals surface area (Å²) in [7, 11) is 0. The number of alkyl halides is 3. The van der Waals surface area contributed by atoms with Crippen molar-refractivity contribution in [2.75, 3.05) is 31.6 Å². The number of fused-ring (bicyclic) bond motifs is 1. The van der Waals surface area contributed by atoms with E-state index in [4.69, 9.17) is 4.74 Å². The Morgan fingerprint density at radius 1 is 1.31 bits per heavy atom. The Hall–Kier alpha value is -2.17. The molecular weight excluding hydrogens is 389 g/mol. The van der Waals surface area contributed by atoms with Gasteiger partial charge >= 0.3 is 6.18 Å². The number of hydrogen-bond donors (Lipinski definition) is 3. The van der Waals surface area contributed by atoms with Crippen LogP contribution in [0.2, 0.25) is 0 Å². The number of amides is 2. The number of rotatable bonds is 4. The maximum absolute atomic E-state index is 12.9. The summed E-state index contributed by atoms with van der Waals surface area (Å²) < 4.78 is 44.5. The minimum atomic E-state index is -4.49. The van der Waals surface area contributed by atoms with Gasteiger partial charge in [0.15, 0.2) is 0 Å². The molecule has 3 aliphatic rings. The van der Waals surface area contributed by atoms with Gasteiger partial charge in [0.05, 0.1) is 29.5 Å². The zero-order chi connectivity index (χ0) is 20.6. The third kappa shape index (κ3) is 4.39. The fourth-order valence-corrected chi connectivity index (χ4v) is 4.31. The summed E-state index contributed by atoms with van der Waals surface area (Å²) in [5.74, 6) is -1.59. The Balaban J connectivity index is 1.48. The second-order valence-electron chi connectivity index (χ2n) is 7.79. The van der Waals surface area contributed by atoms with Crippen molar-refractivity contribution in [3.8, 4) is 0 Å². The highest BCUT2D eigenvalue weighted by Gasteiger charge is 2.47. The molecule has 0 saturated carbocycles. The molecule has 0 spiro atoms. The third-order valence-electron chi connectivity index (χ3n) is 5.76. The van der Waals surface area contributed by atoms with Gasteiger partial charge in [0.2, 0.25) is 11.8 Å². The highest BCUT2D eigenvalue weighted by Crippen LogP contribution is 2.32. The van der Waals surface area contributed by atoms with Crippen molar-refractivity contribution in [3.63, 3.8) is 0 Å². The Morgan fingerprint density at radius 2 is 2.14 bits per heavy atom. The average Bonchev–Trinajstić information content (AvgIpc) is 3.31. The molecular formula is C19H23F3N4O3. The van der Waals surface area contributed by atoms with Gasteiger partial charge in [-0.05, 0) is 31.0 Å². The number of halogens is 3. The normalized spacial score (nSPS) is 30.1. The molecule has 4 atom stereocenters. The second-order valence-corrected chi connectivity index (χ2v) is 7.79. The first kappa shape index (κ1) is 20.1. The Kier molecular flexibility index (Phi) is 5.50.